The van der Waals surface area contributed by atoms with Gasteiger partial charge >= 0.3 is 0 Å². The summed E-state index contributed by atoms with van der Waals surface area (Å²) in [5.74, 6) is 0.308. The van der Waals surface area contributed by atoms with Crippen LogP contribution in [0.4, 0.5) is 5.69 Å². The average Bonchev–Trinajstić information content (AvgIpc) is 3.15. The minimum atomic E-state index is -0.0224. The van der Waals surface area contributed by atoms with E-state index in [0.29, 0.717) is 5.75 Å². The lowest BCUT2D eigenvalue weighted by molar-refractivity contribution is -0.113. The van der Waals surface area contributed by atoms with Gasteiger partial charge in [-0.15, -0.1) is 11.3 Å². The van der Waals surface area contributed by atoms with Crippen molar-refractivity contribution < 1.29 is 4.79 Å². The summed E-state index contributed by atoms with van der Waals surface area (Å²) in [4.78, 5) is 17.3. The Kier molecular flexibility index (Phi) is 4.47. The SMILES string of the molecule is O=C(CSc1nc2ccccc2s1)Nc1c2ccccc2cc2ccccc12. The van der Waals surface area contributed by atoms with Gasteiger partial charge in [0.25, 0.3) is 0 Å². The minimum Gasteiger partial charge on any atom is -0.324 e. The van der Waals surface area contributed by atoms with Gasteiger partial charge in [-0.05, 0) is 29.0 Å². The van der Waals surface area contributed by atoms with E-state index in [1.54, 1.807) is 11.3 Å². The van der Waals surface area contributed by atoms with Crippen LogP contribution in [-0.2, 0) is 4.79 Å². The van der Waals surface area contributed by atoms with Crippen LogP contribution >= 0.6 is 23.1 Å². The molecule has 5 heteroatoms. The number of aromatic nitrogens is 1. The topological polar surface area (TPSA) is 42.0 Å². The second-order valence-corrected chi connectivity index (χ2v) is 8.73. The third-order valence-electron chi connectivity index (χ3n) is 4.64. The summed E-state index contributed by atoms with van der Waals surface area (Å²) in [5.41, 5.74) is 1.86. The van der Waals surface area contributed by atoms with E-state index in [1.165, 1.54) is 11.8 Å². The summed E-state index contributed by atoms with van der Waals surface area (Å²) in [5, 5.41) is 7.50. The zero-order valence-corrected chi connectivity index (χ0v) is 16.5. The summed E-state index contributed by atoms with van der Waals surface area (Å²) in [6.45, 7) is 0. The first kappa shape index (κ1) is 17.2. The molecule has 1 aromatic heterocycles. The number of carbonyl (C=O) groups is 1. The van der Waals surface area contributed by atoms with Crippen molar-refractivity contribution in [3.63, 3.8) is 0 Å². The number of benzene rings is 4. The van der Waals surface area contributed by atoms with Crippen LogP contribution in [0.1, 0.15) is 0 Å². The Balaban J connectivity index is 1.43. The van der Waals surface area contributed by atoms with Crippen molar-refractivity contribution in [2.45, 2.75) is 4.34 Å². The van der Waals surface area contributed by atoms with Gasteiger partial charge < -0.3 is 5.32 Å². The Labute approximate surface area is 170 Å². The Hall–Kier alpha value is -2.89. The first-order valence-corrected chi connectivity index (χ1v) is 10.8. The first-order chi connectivity index (χ1) is 13.8. The fourth-order valence-corrected chi connectivity index (χ4v) is 5.23. The lowest BCUT2D eigenvalue weighted by Gasteiger charge is -2.12. The van der Waals surface area contributed by atoms with Gasteiger partial charge in [0.15, 0.2) is 4.34 Å². The maximum atomic E-state index is 12.7. The van der Waals surface area contributed by atoms with Gasteiger partial charge in [-0.3, -0.25) is 4.79 Å². The summed E-state index contributed by atoms with van der Waals surface area (Å²) >= 11 is 3.10. The number of amides is 1. The van der Waals surface area contributed by atoms with Gasteiger partial charge in [0.05, 0.1) is 21.7 Å². The fourth-order valence-electron chi connectivity index (χ4n) is 3.36. The van der Waals surface area contributed by atoms with Crippen LogP contribution in [0.15, 0.2) is 83.2 Å². The highest BCUT2D eigenvalue weighted by Gasteiger charge is 2.12. The van der Waals surface area contributed by atoms with Gasteiger partial charge in [0.1, 0.15) is 0 Å². The highest BCUT2D eigenvalue weighted by atomic mass is 32.2. The number of rotatable bonds is 4. The van der Waals surface area contributed by atoms with Gasteiger partial charge in [-0.1, -0.05) is 72.4 Å². The van der Waals surface area contributed by atoms with E-state index in [0.717, 1.165) is 41.8 Å². The third kappa shape index (κ3) is 3.23. The molecule has 0 aliphatic carbocycles. The quantitative estimate of drug-likeness (QED) is 0.283. The monoisotopic (exact) mass is 400 g/mol. The fraction of sp³-hybridized carbons (Fsp3) is 0.0435. The molecule has 0 atom stereocenters. The zero-order valence-electron chi connectivity index (χ0n) is 14.9. The molecular formula is C23H16N2OS2. The van der Waals surface area contributed by atoms with Crippen molar-refractivity contribution in [1.82, 2.24) is 4.98 Å². The summed E-state index contributed by atoms with van der Waals surface area (Å²) < 4.78 is 2.06. The van der Waals surface area contributed by atoms with Gasteiger partial charge in [-0.25, -0.2) is 4.98 Å². The van der Waals surface area contributed by atoms with Crippen molar-refractivity contribution in [1.29, 1.82) is 0 Å². The molecule has 0 fully saturated rings. The number of hydrogen-bond acceptors (Lipinski definition) is 4. The Bertz CT molecular complexity index is 1240. The zero-order chi connectivity index (χ0) is 18.9. The number of thioether (sulfide) groups is 1. The molecule has 5 aromatic rings. The third-order valence-corrected chi connectivity index (χ3v) is 6.82. The largest absolute Gasteiger partial charge is 0.324 e. The number of nitrogens with one attached hydrogen (secondary N) is 1. The van der Waals surface area contributed by atoms with Crippen molar-refractivity contribution in [2.24, 2.45) is 0 Å². The van der Waals surface area contributed by atoms with Gasteiger partial charge in [-0.2, -0.15) is 0 Å². The molecule has 0 saturated carbocycles. The van der Waals surface area contributed by atoms with Crippen LogP contribution in [0.25, 0.3) is 31.8 Å². The standard InChI is InChI=1S/C23H16N2OS2/c26-21(14-27-23-24-19-11-5-6-12-20(19)28-23)25-22-17-9-3-1-7-15(17)13-16-8-2-4-10-18(16)22/h1-13H,14H2,(H,25,26). The normalized spacial score (nSPS) is 11.3. The predicted molar refractivity (Wildman–Crippen MR) is 120 cm³/mol. The summed E-state index contributed by atoms with van der Waals surface area (Å²) in [6, 6.07) is 26.5. The van der Waals surface area contributed by atoms with E-state index in [-0.39, 0.29) is 5.91 Å². The molecule has 4 aromatic carbocycles. The second-order valence-electron chi connectivity index (χ2n) is 6.48. The molecule has 28 heavy (non-hydrogen) atoms. The molecule has 0 saturated heterocycles. The molecule has 1 N–H and O–H groups in total. The van der Waals surface area contributed by atoms with Gasteiger partial charge in [0, 0.05) is 10.8 Å². The molecule has 1 amide bonds. The smallest absolute Gasteiger partial charge is 0.234 e. The van der Waals surface area contributed by atoms with Crippen molar-refractivity contribution in [3.8, 4) is 0 Å². The molecule has 5 rings (SSSR count). The summed E-state index contributed by atoms with van der Waals surface area (Å²) in [6.07, 6.45) is 0. The summed E-state index contributed by atoms with van der Waals surface area (Å²) in [7, 11) is 0. The predicted octanol–water partition coefficient (Wildman–Crippen LogP) is 6.33. The molecule has 0 radical (unpaired) electrons. The van der Waals surface area contributed by atoms with E-state index >= 15 is 0 Å². The van der Waals surface area contributed by atoms with Crippen LogP contribution in [0, 0.1) is 0 Å². The van der Waals surface area contributed by atoms with Gasteiger partial charge in [0.2, 0.25) is 5.91 Å². The van der Waals surface area contributed by atoms with Crippen LogP contribution < -0.4 is 5.32 Å². The van der Waals surface area contributed by atoms with Crippen molar-refractivity contribution >= 4 is 66.5 Å². The lowest BCUT2D eigenvalue weighted by Crippen LogP contribution is -2.14. The number of anilines is 1. The molecule has 136 valence electrons. The molecule has 1 heterocycles. The van der Waals surface area contributed by atoms with E-state index in [1.807, 2.05) is 42.5 Å². The number of fused-ring (bicyclic) bond motifs is 3. The highest BCUT2D eigenvalue weighted by molar-refractivity contribution is 8.01. The van der Waals surface area contributed by atoms with E-state index in [4.69, 9.17) is 0 Å². The number of carbonyl (C=O) groups excluding carboxylic acids is 1. The van der Waals surface area contributed by atoms with Crippen LogP contribution in [0.2, 0.25) is 0 Å². The van der Waals surface area contributed by atoms with Crippen LogP contribution in [0.3, 0.4) is 0 Å². The molecule has 0 aliphatic rings. The Morgan fingerprint density at radius 2 is 1.54 bits per heavy atom. The van der Waals surface area contributed by atoms with Crippen molar-refractivity contribution in [2.75, 3.05) is 11.1 Å². The molecule has 0 aliphatic heterocycles. The average molecular weight is 401 g/mol. The molecule has 0 unspecified atom stereocenters. The molecular weight excluding hydrogens is 384 g/mol. The molecule has 0 bridgehead atoms. The Morgan fingerprint density at radius 1 is 0.893 bits per heavy atom. The second kappa shape index (κ2) is 7.26. The van der Waals surface area contributed by atoms with Crippen molar-refractivity contribution in [3.05, 3.63) is 78.9 Å². The van der Waals surface area contributed by atoms with E-state index in [2.05, 4.69) is 46.7 Å². The van der Waals surface area contributed by atoms with Crippen LogP contribution in [-0.4, -0.2) is 16.6 Å². The number of para-hydroxylation sites is 1. The van der Waals surface area contributed by atoms with E-state index < -0.39 is 0 Å². The number of thiazole rings is 1. The maximum absolute atomic E-state index is 12.7. The Morgan fingerprint density at radius 3 is 2.25 bits per heavy atom. The first-order valence-electron chi connectivity index (χ1n) is 8.97. The van der Waals surface area contributed by atoms with E-state index in [9.17, 15) is 4.79 Å². The highest BCUT2D eigenvalue weighted by Crippen LogP contribution is 2.33. The number of nitrogens with zero attached hydrogens (tertiary/aromatic N) is 1. The molecule has 3 nitrogen and oxygen atoms in total. The lowest BCUT2D eigenvalue weighted by atomic mass is 10.0. The van der Waals surface area contributed by atoms with Crippen LogP contribution in [0.5, 0.6) is 0 Å². The maximum Gasteiger partial charge on any atom is 0.234 e. The molecule has 0 spiro atoms. The minimum absolute atomic E-state index is 0.0224. The number of hydrogen-bond donors (Lipinski definition) is 1.